The van der Waals surface area contributed by atoms with E-state index in [0.717, 1.165) is 0 Å². The molecular formula is C17H14O4. The lowest BCUT2D eigenvalue weighted by molar-refractivity contribution is 0.0977. The lowest BCUT2D eigenvalue weighted by Gasteiger charge is -2.23. The molecule has 2 aromatic carbocycles. The third kappa shape index (κ3) is 1.76. The second-order valence-corrected chi connectivity index (χ2v) is 5.44. The molecule has 0 saturated carbocycles. The quantitative estimate of drug-likeness (QED) is 0.673. The van der Waals surface area contributed by atoms with Crippen LogP contribution in [0.1, 0.15) is 57.2 Å². The van der Waals surface area contributed by atoms with E-state index < -0.39 is 0 Å². The number of carbonyl (C=O) groups excluding carboxylic acids is 2. The minimum Gasteiger partial charge on any atom is -0.504 e. The highest BCUT2D eigenvalue weighted by atomic mass is 16.3. The van der Waals surface area contributed by atoms with Crippen LogP contribution in [0.3, 0.4) is 0 Å². The molecule has 2 aromatic rings. The summed E-state index contributed by atoms with van der Waals surface area (Å²) >= 11 is 0. The number of rotatable bonds is 1. The molecule has 0 spiro atoms. The zero-order valence-electron chi connectivity index (χ0n) is 11.7. The van der Waals surface area contributed by atoms with Gasteiger partial charge in [-0.05, 0) is 12.0 Å². The normalized spacial score (nSPS) is 13.3. The molecule has 106 valence electrons. The van der Waals surface area contributed by atoms with E-state index in [1.54, 1.807) is 38.1 Å². The highest BCUT2D eigenvalue weighted by Crippen LogP contribution is 2.42. The number of phenols is 2. The molecule has 0 fully saturated rings. The Balaban J connectivity index is 2.41. The average Bonchev–Trinajstić information content (AvgIpc) is 2.46. The van der Waals surface area contributed by atoms with Crippen molar-refractivity contribution in [1.29, 1.82) is 0 Å². The van der Waals surface area contributed by atoms with Crippen LogP contribution in [-0.4, -0.2) is 21.8 Å². The monoisotopic (exact) mass is 282 g/mol. The summed E-state index contributed by atoms with van der Waals surface area (Å²) in [7, 11) is 0. The molecule has 1 aliphatic carbocycles. The fourth-order valence-electron chi connectivity index (χ4n) is 2.82. The topological polar surface area (TPSA) is 74.6 Å². The van der Waals surface area contributed by atoms with Crippen LogP contribution in [0.25, 0.3) is 0 Å². The van der Waals surface area contributed by atoms with Crippen molar-refractivity contribution in [3.8, 4) is 11.5 Å². The van der Waals surface area contributed by atoms with Gasteiger partial charge >= 0.3 is 0 Å². The lowest BCUT2D eigenvalue weighted by Crippen LogP contribution is -2.23. The van der Waals surface area contributed by atoms with Gasteiger partial charge in [-0.3, -0.25) is 9.59 Å². The maximum Gasteiger partial charge on any atom is 0.194 e. The lowest BCUT2D eigenvalue weighted by atomic mass is 9.79. The Morgan fingerprint density at radius 1 is 0.905 bits per heavy atom. The van der Waals surface area contributed by atoms with Gasteiger partial charge in [0.1, 0.15) is 0 Å². The first-order valence-electron chi connectivity index (χ1n) is 6.70. The molecule has 0 saturated heterocycles. The van der Waals surface area contributed by atoms with E-state index >= 15 is 0 Å². The first kappa shape index (κ1) is 13.4. The zero-order valence-corrected chi connectivity index (χ0v) is 11.7. The zero-order chi connectivity index (χ0) is 15.3. The second kappa shape index (κ2) is 4.45. The van der Waals surface area contributed by atoms with Gasteiger partial charge in [-0.15, -0.1) is 0 Å². The molecule has 2 N–H and O–H groups in total. The van der Waals surface area contributed by atoms with E-state index in [4.69, 9.17) is 0 Å². The highest BCUT2D eigenvalue weighted by molar-refractivity contribution is 6.29. The van der Waals surface area contributed by atoms with Gasteiger partial charge in [0.2, 0.25) is 0 Å². The summed E-state index contributed by atoms with van der Waals surface area (Å²) < 4.78 is 0. The van der Waals surface area contributed by atoms with Crippen molar-refractivity contribution < 1.29 is 19.8 Å². The standard InChI is InChI=1S/C17H14O4/c1-8(2)13-14-11(7-12(18)17(13)21)15(19)9-5-3-4-6-10(9)16(14)20/h3-8,18,21H,1-2H3. The second-order valence-electron chi connectivity index (χ2n) is 5.44. The molecule has 0 aromatic heterocycles. The summed E-state index contributed by atoms with van der Waals surface area (Å²) in [5.74, 6) is -1.51. The maximum atomic E-state index is 12.7. The van der Waals surface area contributed by atoms with Gasteiger partial charge < -0.3 is 10.2 Å². The Kier molecular flexibility index (Phi) is 2.83. The Hall–Kier alpha value is -2.62. The van der Waals surface area contributed by atoms with E-state index in [9.17, 15) is 19.8 Å². The Bertz CT molecular complexity index is 788. The van der Waals surface area contributed by atoms with Crippen LogP contribution in [0.2, 0.25) is 0 Å². The molecule has 1 aliphatic rings. The summed E-state index contributed by atoms with van der Waals surface area (Å²) in [5, 5.41) is 19.9. The van der Waals surface area contributed by atoms with Gasteiger partial charge in [-0.1, -0.05) is 38.1 Å². The fraction of sp³-hybridized carbons (Fsp3) is 0.176. The fourth-order valence-corrected chi connectivity index (χ4v) is 2.82. The SMILES string of the molecule is CC(C)c1c(O)c(O)cc2c1C(=O)c1ccccc1C2=O. The van der Waals surface area contributed by atoms with Crippen LogP contribution in [0.4, 0.5) is 0 Å². The third-order valence-electron chi connectivity index (χ3n) is 3.78. The van der Waals surface area contributed by atoms with Crippen molar-refractivity contribution in [2.45, 2.75) is 19.8 Å². The van der Waals surface area contributed by atoms with Crippen molar-refractivity contribution in [2.24, 2.45) is 0 Å². The molecular weight excluding hydrogens is 268 g/mol. The predicted molar refractivity (Wildman–Crippen MR) is 77.2 cm³/mol. The van der Waals surface area contributed by atoms with Crippen molar-refractivity contribution >= 4 is 11.6 Å². The number of phenolic OH excluding ortho intramolecular Hbond substituents is 2. The number of carbonyl (C=O) groups is 2. The molecule has 0 radical (unpaired) electrons. The Labute approximate surface area is 121 Å². The van der Waals surface area contributed by atoms with Crippen LogP contribution < -0.4 is 0 Å². The van der Waals surface area contributed by atoms with Crippen molar-refractivity contribution in [1.82, 2.24) is 0 Å². The average molecular weight is 282 g/mol. The van der Waals surface area contributed by atoms with Crippen molar-refractivity contribution in [2.75, 3.05) is 0 Å². The van der Waals surface area contributed by atoms with Crippen molar-refractivity contribution in [3.63, 3.8) is 0 Å². The Morgan fingerprint density at radius 2 is 1.48 bits per heavy atom. The summed E-state index contributed by atoms with van der Waals surface area (Å²) in [4.78, 5) is 25.2. The molecule has 3 rings (SSSR count). The first-order valence-corrected chi connectivity index (χ1v) is 6.70. The molecule has 0 atom stereocenters. The molecule has 0 amide bonds. The summed E-state index contributed by atoms with van der Waals surface area (Å²) in [5.41, 5.74) is 1.33. The van der Waals surface area contributed by atoms with Gasteiger partial charge in [0.15, 0.2) is 23.1 Å². The Morgan fingerprint density at radius 3 is 2.05 bits per heavy atom. The van der Waals surface area contributed by atoms with Crippen molar-refractivity contribution in [3.05, 3.63) is 58.1 Å². The molecule has 0 bridgehead atoms. The molecule has 0 unspecified atom stereocenters. The minimum absolute atomic E-state index is 0.151. The molecule has 21 heavy (non-hydrogen) atoms. The largest absolute Gasteiger partial charge is 0.504 e. The minimum atomic E-state index is -0.377. The van der Waals surface area contributed by atoms with Crippen LogP contribution in [0, 0.1) is 0 Å². The van der Waals surface area contributed by atoms with Gasteiger partial charge in [0.25, 0.3) is 0 Å². The van der Waals surface area contributed by atoms with E-state index in [2.05, 4.69) is 0 Å². The van der Waals surface area contributed by atoms with E-state index in [-0.39, 0.29) is 40.1 Å². The van der Waals surface area contributed by atoms with E-state index in [0.29, 0.717) is 16.7 Å². The third-order valence-corrected chi connectivity index (χ3v) is 3.78. The molecule has 0 heterocycles. The number of benzene rings is 2. The van der Waals surface area contributed by atoms with Crippen LogP contribution in [0.15, 0.2) is 30.3 Å². The van der Waals surface area contributed by atoms with Gasteiger partial charge in [-0.2, -0.15) is 0 Å². The number of ketones is 2. The number of aromatic hydroxyl groups is 2. The van der Waals surface area contributed by atoms with E-state index in [1.165, 1.54) is 6.07 Å². The smallest absolute Gasteiger partial charge is 0.194 e. The predicted octanol–water partition coefficient (Wildman–Crippen LogP) is 3.00. The molecule has 0 aliphatic heterocycles. The van der Waals surface area contributed by atoms with Crippen LogP contribution in [-0.2, 0) is 0 Å². The molecule has 4 nitrogen and oxygen atoms in total. The summed E-state index contributed by atoms with van der Waals surface area (Å²) in [6, 6.07) is 7.76. The van der Waals surface area contributed by atoms with Gasteiger partial charge in [0, 0.05) is 27.8 Å². The highest BCUT2D eigenvalue weighted by Gasteiger charge is 2.34. The van der Waals surface area contributed by atoms with Crippen LogP contribution >= 0.6 is 0 Å². The number of hydrogen-bond acceptors (Lipinski definition) is 4. The first-order chi connectivity index (χ1) is 9.93. The van der Waals surface area contributed by atoms with Crippen LogP contribution in [0.5, 0.6) is 11.5 Å². The van der Waals surface area contributed by atoms with Gasteiger partial charge in [-0.25, -0.2) is 0 Å². The maximum absolute atomic E-state index is 12.7. The number of fused-ring (bicyclic) bond motifs is 2. The van der Waals surface area contributed by atoms with Gasteiger partial charge in [0.05, 0.1) is 0 Å². The summed E-state index contributed by atoms with van der Waals surface area (Å²) in [6.07, 6.45) is 0. The number of hydrogen-bond donors (Lipinski definition) is 2. The molecule has 4 heteroatoms. The summed E-state index contributed by atoms with van der Waals surface area (Å²) in [6.45, 7) is 3.60. The van der Waals surface area contributed by atoms with E-state index in [1.807, 2.05) is 0 Å².